The highest BCUT2D eigenvalue weighted by molar-refractivity contribution is 7.89. The molecule has 1 aliphatic rings. The Hall–Kier alpha value is -2.76. The number of aromatic amines is 1. The van der Waals surface area contributed by atoms with Gasteiger partial charge in [-0.2, -0.15) is 5.10 Å². The molecule has 1 aliphatic heterocycles. The van der Waals surface area contributed by atoms with Crippen LogP contribution in [0.4, 0.5) is 0 Å². The number of ether oxygens (including phenoxy) is 1. The summed E-state index contributed by atoms with van der Waals surface area (Å²) in [6.07, 6.45) is -6.72. The third-order valence-electron chi connectivity index (χ3n) is 5.80. The Morgan fingerprint density at radius 3 is 2.94 bits per heavy atom. The minimum absolute atomic E-state index is 0.207. The lowest BCUT2D eigenvalue weighted by Gasteiger charge is -2.19. The molecule has 0 bridgehead atoms. The molecule has 0 amide bonds. The third-order valence-corrected chi connectivity index (χ3v) is 7.09. The largest absolute Gasteiger partial charge is 0.493 e. The highest BCUT2D eigenvalue weighted by Gasteiger charge is 2.23. The maximum absolute atomic E-state index is 13.6. The molecular formula is C25H36N6O4S. The van der Waals surface area contributed by atoms with Crippen LogP contribution in [0.5, 0.6) is 5.75 Å². The number of fused-ring (bicyclic) bond motifs is 1. The van der Waals surface area contributed by atoms with Gasteiger partial charge in [0.15, 0.2) is 5.52 Å². The topological polar surface area (TPSA) is 122 Å². The van der Waals surface area contributed by atoms with Crippen molar-refractivity contribution in [1.29, 1.82) is 0 Å². The van der Waals surface area contributed by atoms with Crippen LogP contribution < -0.4 is 15.0 Å². The lowest BCUT2D eigenvalue weighted by molar-refractivity contribution is 0.297. The van der Waals surface area contributed by atoms with E-state index in [1.807, 2.05) is 9.62 Å². The maximum Gasteiger partial charge on any atom is 0.277 e. The molecule has 0 saturated carbocycles. The quantitative estimate of drug-likeness (QED) is 0.389. The minimum atomic E-state index is -4.82. The molecule has 36 heavy (non-hydrogen) atoms. The van der Waals surface area contributed by atoms with Gasteiger partial charge in [0, 0.05) is 40.1 Å². The van der Waals surface area contributed by atoms with Gasteiger partial charge in [-0.3, -0.25) is 9.48 Å². The van der Waals surface area contributed by atoms with E-state index in [1.54, 1.807) is 7.05 Å². The highest BCUT2D eigenvalue weighted by Crippen LogP contribution is 2.31. The van der Waals surface area contributed by atoms with E-state index < -0.39 is 107 Å². The second kappa shape index (κ2) is 11.1. The van der Waals surface area contributed by atoms with Crippen molar-refractivity contribution in [2.75, 3.05) is 26.6 Å². The van der Waals surface area contributed by atoms with E-state index in [-0.39, 0.29) is 17.1 Å². The number of benzene rings is 1. The van der Waals surface area contributed by atoms with Crippen LogP contribution in [0.25, 0.3) is 22.4 Å². The van der Waals surface area contributed by atoms with Gasteiger partial charge in [-0.15, -0.1) is 0 Å². The third kappa shape index (κ3) is 5.47. The molecule has 1 unspecified atom stereocenters. The van der Waals surface area contributed by atoms with Crippen molar-refractivity contribution < 1.29 is 36.5 Å². The molecule has 0 radical (unpaired) electrons. The van der Waals surface area contributed by atoms with Crippen LogP contribution in [0.1, 0.15) is 74.7 Å². The van der Waals surface area contributed by atoms with Gasteiger partial charge in [-0.05, 0) is 63.8 Å². The Labute approximate surface area is 236 Å². The molecule has 0 spiro atoms. The first-order chi connectivity index (χ1) is 23.7. The SMILES string of the molecule is [2H]C([2H])(CC1CCCN1C)NS(=O)(=O)c1ccc(OC([2H])([2H])C([2H])([2H])C([2H])([2H])[2H])c(-c2nc3c(CC([2H])([2H])C([2H])([2H])[2H])nn(C([2H])([2H])[2H])c3c(=O)[nH]2)c1. The second-order valence-electron chi connectivity index (χ2n) is 8.07. The Balaban J connectivity index is 1.97. The van der Waals surface area contributed by atoms with Crippen molar-refractivity contribution >= 4 is 21.1 Å². The fourth-order valence-electron chi connectivity index (χ4n) is 3.99. The van der Waals surface area contributed by atoms with Gasteiger partial charge in [0.05, 0.1) is 25.5 Å². The molecular weight excluding hydrogens is 480 g/mol. The van der Waals surface area contributed by atoms with E-state index in [1.165, 1.54) is 0 Å². The molecule has 3 aromatic rings. The van der Waals surface area contributed by atoms with Crippen LogP contribution in [-0.2, 0) is 23.4 Å². The van der Waals surface area contributed by atoms with E-state index in [4.69, 9.17) is 28.0 Å². The fourth-order valence-corrected chi connectivity index (χ4v) is 4.91. The van der Waals surface area contributed by atoms with Gasteiger partial charge < -0.3 is 14.6 Å². The fraction of sp³-hybridized carbons (Fsp3) is 0.560. The molecule has 1 atom stereocenters. The maximum atomic E-state index is 13.6. The summed E-state index contributed by atoms with van der Waals surface area (Å²) in [6, 6.07) is 1.99. The number of hydrogen-bond donors (Lipinski definition) is 2. The zero-order valence-corrected chi connectivity index (χ0v) is 20.0. The summed E-state index contributed by atoms with van der Waals surface area (Å²) >= 11 is 0. The number of H-pyrrole nitrogens is 1. The Bertz CT molecular complexity index is 2020. The van der Waals surface area contributed by atoms with Crippen molar-refractivity contribution in [2.45, 2.75) is 63.1 Å². The molecule has 11 heteroatoms. The van der Waals surface area contributed by atoms with Crippen molar-refractivity contribution in [1.82, 2.24) is 29.4 Å². The van der Waals surface area contributed by atoms with Gasteiger partial charge in [0.25, 0.3) is 5.56 Å². The van der Waals surface area contributed by atoms with E-state index in [9.17, 15) is 13.2 Å². The lowest BCUT2D eigenvalue weighted by atomic mass is 10.1. The Kier molecular flexibility index (Phi) is 3.76. The monoisotopic (exact) mass is 533 g/mol. The van der Waals surface area contributed by atoms with Crippen LogP contribution in [0, 0.1) is 0 Å². The minimum Gasteiger partial charge on any atom is -0.493 e. The zero-order valence-electron chi connectivity index (χ0n) is 36.2. The summed E-state index contributed by atoms with van der Waals surface area (Å²) in [6.45, 7) is -15.6. The molecule has 1 fully saturated rings. The average molecular weight is 534 g/mol. The van der Waals surface area contributed by atoms with Crippen LogP contribution in [0.15, 0.2) is 27.9 Å². The van der Waals surface area contributed by atoms with Crippen molar-refractivity contribution in [2.24, 2.45) is 6.98 Å². The number of likely N-dealkylation sites (tertiary alicyclic amines) is 1. The van der Waals surface area contributed by atoms with Crippen molar-refractivity contribution in [3.05, 3.63) is 34.2 Å². The van der Waals surface area contributed by atoms with Crippen LogP contribution in [0.2, 0.25) is 0 Å². The summed E-state index contributed by atoms with van der Waals surface area (Å²) < 4.78 is 169. The van der Waals surface area contributed by atoms with Crippen LogP contribution in [0.3, 0.4) is 0 Å². The van der Waals surface area contributed by atoms with Crippen LogP contribution in [-0.4, -0.2) is 65.8 Å². The Morgan fingerprint density at radius 1 is 1.33 bits per heavy atom. The standard InChI is InChI=1S/C25H36N6O4S/c1-5-8-20-22-23(31(4)29-20)25(32)28-24(27-22)19-16-18(10-11-21(19)35-15-6-2)36(33,34)26-13-12-17-9-7-14-30(17)3/h10-11,16-17,26H,5-9,12-15H2,1-4H3,(H,27,28,32)/i1D3,2D3,4D3,5D2,6D2,13D2,15D2. The summed E-state index contributed by atoms with van der Waals surface area (Å²) in [7, 11) is -3.06. The number of sulfonamides is 1. The number of hydrogen-bond acceptors (Lipinski definition) is 7. The predicted molar refractivity (Wildman–Crippen MR) is 140 cm³/mol. The molecule has 2 aromatic heterocycles. The number of nitrogens with zero attached hydrogens (tertiary/aromatic N) is 4. The second-order valence-corrected chi connectivity index (χ2v) is 9.76. The summed E-state index contributed by atoms with van der Waals surface area (Å²) in [5.41, 5.74) is -4.03. The van der Waals surface area contributed by atoms with Gasteiger partial charge in [0.1, 0.15) is 17.1 Å². The highest BCUT2D eigenvalue weighted by atomic mass is 32.2. The van der Waals surface area contributed by atoms with Crippen molar-refractivity contribution in [3.63, 3.8) is 0 Å². The number of aryl methyl sites for hydroxylation is 2. The van der Waals surface area contributed by atoms with Gasteiger partial charge in [-0.1, -0.05) is 20.1 Å². The van der Waals surface area contributed by atoms with Crippen molar-refractivity contribution in [3.8, 4) is 17.1 Å². The summed E-state index contributed by atoms with van der Waals surface area (Å²) in [5.74, 6) is -1.54. The Morgan fingerprint density at radius 2 is 2.19 bits per heavy atom. The molecule has 2 N–H and O–H groups in total. The van der Waals surface area contributed by atoms with E-state index >= 15 is 0 Å². The first kappa shape index (κ1) is 12.2. The predicted octanol–water partition coefficient (Wildman–Crippen LogP) is 2.83. The molecule has 4 rings (SSSR count). The van der Waals surface area contributed by atoms with Gasteiger partial charge >= 0.3 is 0 Å². The van der Waals surface area contributed by atoms with E-state index in [0.29, 0.717) is 13.0 Å². The normalized spacial score (nSPS) is 26.4. The first-order valence-corrected chi connectivity index (χ1v) is 12.3. The van der Waals surface area contributed by atoms with E-state index in [2.05, 4.69) is 15.1 Å². The smallest absolute Gasteiger partial charge is 0.277 e. The molecule has 196 valence electrons. The lowest BCUT2D eigenvalue weighted by Crippen LogP contribution is -2.31. The number of aromatic nitrogens is 4. The summed E-state index contributed by atoms with van der Waals surface area (Å²) in [5, 5.41) is 3.77. The molecule has 3 heterocycles. The van der Waals surface area contributed by atoms with Gasteiger partial charge in [-0.25, -0.2) is 18.1 Å². The molecule has 1 saturated heterocycles. The molecule has 10 nitrogen and oxygen atoms in total. The summed E-state index contributed by atoms with van der Waals surface area (Å²) in [4.78, 5) is 21.0. The zero-order chi connectivity index (χ0) is 40.5. The van der Waals surface area contributed by atoms with E-state index in [0.717, 1.165) is 24.6 Å². The first-order valence-electron chi connectivity index (χ1n) is 19.3. The average Bonchev–Trinajstić information content (AvgIpc) is 3.53. The number of rotatable bonds is 11. The molecule has 0 aliphatic carbocycles. The van der Waals surface area contributed by atoms with Gasteiger partial charge in [0.2, 0.25) is 10.0 Å². The van der Waals surface area contributed by atoms with Crippen LogP contribution >= 0.6 is 0 Å². The number of nitrogens with one attached hydrogen (secondary N) is 2. The molecule has 1 aromatic carbocycles.